The average molecular weight is 476 g/mol. The molecule has 1 fully saturated rings. The second kappa shape index (κ2) is 10.2. The molecule has 1 amide bonds. The number of carbonyl (C=O) groups excluding carboxylic acids is 1. The number of nitrogens with zero attached hydrogens (tertiary/aromatic N) is 2. The van der Waals surface area contributed by atoms with Crippen molar-refractivity contribution in [2.45, 2.75) is 13.5 Å². The monoisotopic (exact) mass is 475 g/mol. The number of rotatable bonds is 7. The van der Waals surface area contributed by atoms with Gasteiger partial charge in [0.15, 0.2) is 5.17 Å². The van der Waals surface area contributed by atoms with Gasteiger partial charge in [-0.3, -0.25) is 14.9 Å². The molecule has 0 aromatic heterocycles. The van der Waals surface area contributed by atoms with Crippen molar-refractivity contribution in [3.63, 3.8) is 0 Å². The molecule has 3 aromatic carbocycles. The van der Waals surface area contributed by atoms with E-state index in [1.165, 1.54) is 17.8 Å². The van der Waals surface area contributed by atoms with Gasteiger partial charge in [-0.05, 0) is 66.7 Å². The van der Waals surface area contributed by atoms with E-state index in [2.05, 4.69) is 10.3 Å². The Balaban J connectivity index is 1.51. The third-order valence-corrected chi connectivity index (χ3v) is 5.91. The fourth-order valence-electron chi connectivity index (χ4n) is 3.34. The number of thioether (sulfide) groups is 1. The van der Waals surface area contributed by atoms with Crippen LogP contribution in [0, 0.1) is 17.0 Å². The van der Waals surface area contributed by atoms with Gasteiger partial charge < -0.3 is 14.8 Å². The van der Waals surface area contributed by atoms with E-state index in [1.807, 2.05) is 48.5 Å². The van der Waals surface area contributed by atoms with Crippen LogP contribution in [0.3, 0.4) is 0 Å². The van der Waals surface area contributed by atoms with E-state index in [4.69, 9.17) is 9.47 Å². The van der Waals surface area contributed by atoms with Crippen LogP contribution in [0.4, 0.5) is 11.4 Å². The van der Waals surface area contributed by atoms with Gasteiger partial charge >= 0.3 is 0 Å². The molecule has 1 aliphatic heterocycles. The minimum atomic E-state index is -0.424. The van der Waals surface area contributed by atoms with Crippen molar-refractivity contribution in [1.82, 2.24) is 5.32 Å². The maximum absolute atomic E-state index is 12.4. The number of benzene rings is 3. The Morgan fingerprint density at radius 1 is 1.12 bits per heavy atom. The molecule has 172 valence electrons. The van der Waals surface area contributed by atoms with Crippen molar-refractivity contribution in [1.29, 1.82) is 0 Å². The molecule has 1 N–H and O–H groups in total. The van der Waals surface area contributed by atoms with E-state index in [9.17, 15) is 14.9 Å². The summed E-state index contributed by atoms with van der Waals surface area (Å²) in [4.78, 5) is 28.0. The number of para-hydroxylation sites is 1. The predicted octanol–water partition coefficient (Wildman–Crippen LogP) is 5.38. The maximum Gasteiger partial charge on any atom is 0.272 e. The van der Waals surface area contributed by atoms with Gasteiger partial charge in [0.25, 0.3) is 11.6 Å². The first-order valence-corrected chi connectivity index (χ1v) is 11.1. The third-order valence-electron chi connectivity index (χ3n) is 5.00. The third kappa shape index (κ3) is 5.44. The molecule has 0 atom stereocenters. The highest BCUT2D eigenvalue weighted by atomic mass is 32.2. The van der Waals surface area contributed by atoms with Crippen molar-refractivity contribution in [2.75, 3.05) is 7.11 Å². The molecule has 0 bridgehead atoms. The van der Waals surface area contributed by atoms with Crippen LogP contribution in [0.5, 0.6) is 11.5 Å². The molecule has 1 aliphatic rings. The molecule has 8 nitrogen and oxygen atoms in total. The Kier molecular flexibility index (Phi) is 6.93. The summed E-state index contributed by atoms with van der Waals surface area (Å²) in [6.45, 7) is 1.86. The van der Waals surface area contributed by atoms with Gasteiger partial charge in [0.1, 0.15) is 18.1 Å². The zero-order valence-corrected chi connectivity index (χ0v) is 19.3. The molecular weight excluding hydrogens is 454 g/mol. The Morgan fingerprint density at radius 3 is 2.62 bits per heavy atom. The average Bonchev–Trinajstić information content (AvgIpc) is 3.16. The summed E-state index contributed by atoms with van der Waals surface area (Å²) in [5.41, 5.74) is 2.90. The summed E-state index contributed by atoms with van der Waals surface area (Å²) in [6.07, 6.45) is 1.78. The SMILES string of the molecule is COc1ccc(/C=C2/SC(=Nc3ccccc3)NC2=O)cc1COc1ccc([N+](=O)[O-])c(C)c1. The minimum Gasteiger partial charge on any atom is -0.496 e. The number of carbonyl (C=O) groups is 1. The van der Waals surface area contributed by atoms with Crippen LogP contribution in [0.2, 0.25) is 0 Å². The maximum atomic E-state index is 12.4. The van der Waals surface area contributed by atoms with E-state index in [1.54, 1.807) is 32.2 Å². The number of aryl methyl sites for hydroxylation is 1. The van der Waals surface area contributed by atoms with E-state index < -0.39 is 4.92 Å². The lowest BCUT2D eigenvalue weighted by atomic mass is 10.1. The summed E-state index contributed by atoms with van der Waals surface area (Å²) in [6, 6.07) is 19.6. The fraction of sp³-hybridized carbons (Fsp3) is 0.120. The number of hydrogen-bond donors (Lipinski definition) is 1. The molecule has 4 rings (SSSR count). The van der Waals surface area contributed by atoms with Crippen molar-refractivity contribution in [3.8, 4) is 11.5 Å². The standard InChI is InChI=1S/C25H21N3O5S/c1-16-12-20(9-10-21(16)28(30)31)33-15-18-13-17(8-11-22(18)32-2)14-23-24(29)27-25(34-23)26-19-6-4-3-5-7-19/h3-14H,15H2,1-2H3,(H,26,27,29)/b23-14+. The molecule has 9 heteroatoms. The molecule has 1 heterocycles. The first-order valence-electron chi connectivity index (χ1n) is 10.3. The number of nitrogens with one attached hydrogen (secondary N) is 1. The van der Waals surface area contributed by atoms with Crippen molar-refractivity contribution >= 4 is 40.3 Å². The summed E-state index contributed by atoms with van der Waals surface area (Å²) >= 11 is 1.27. The summed E-state index contributed by atoms with van der Waals surface area (Å²) in [7, 11) is 1.57. The molecule has 0 radical (unpaired) electrons. The van der Waals surface area contributed by atoms with E-state index in [0.717, 1.165) is 16.8 Å². The first kappa shape index (κ1) is 23.1. The van der Waals surface area contributed by atoms with Crippen molar-refractivity contribution < 1.29 is 19.2 Å². The number of ether oxygens (including phenoxy) is 2. The molecule has 0 spiro atoms. The van der Waals surface area contributed by atoms with Gasteiger partial charge in [-0.25, -0.2) is 4.99 Å². The fourth-order valence-corrected chi connectivity index (χ4v) is 4.18. The topological polar surface area (TPSA) is 103 Å². The van der Waals surface area contributed by atoms with Crippen LogP contribution in [0.1, 0.15) is 16.7 Å². The van der Waals surface area contributed by atoms with Crippen molar-refractivity contribution in [3.05, 3.63) is 98.4 Å². The highest BCUT2D eigenvalue weighted by molar-refractivity contribution is 8.18. The van der Waals surface area contributed by atoms with Crippen LogP contribution < -0.4 is 14.8 Å². The van der Waals surface area contributed by atoms with E-state index >= 15 is 0 Å². The molecule has 0 unspecified atom stereocenters. The van der Waals surface area contributed by atoms with Crippen LogP contribution in [-0.4, -0.2) is 23.1 Å². The molecule has 1 saturated heterocycles. The number of amidine groups is 1. The number of methoxy groups -OCH3 is 1. The summed E-state index contributed by atoms with van der Waals surface area (Å²) < 4.78 is 11.3. The lowest BCUT2D eigenvalue weighted by molar-refractivity contribution is -0.385. The Labute approximate surface area is 200 Å². The zero-order valence-electron chi connectivity index (χ0n) is 18.5. The summed E-state index contributed by atoms with van der Waals surface area (Å²) in [5.74, 6) is 0.937. The van der Waals surface area contributed by atoms with Gasteiger partial charge in [-0.2, -0.15) is 0 Å². The van der Waals surface area contributed by atoms with E-state index in [-0.39, 0.29) is 18.2 Å². The first-order chi connectivity index (χ1) is 16.4. The molecule has 34 heavy (non-hydrogen) atoms. The smallest absolute Gasteiger partial charge is 0.272 e. The van der Waals surface area contributed by atoms with Gasteiger partial charge in [0, 0.05) is 17.2 Å². The number of nitro benzene ring substituents is 1. The quantitative estimate of drug-likeness (QED) is 0.279. The Hall–Kier alpha value is -4.11. The van der Waals surface area contributed by atoms with Gasteiger partial charge in [0.2, 0.25) is 0 Å². The van der Waals surface area contributed by atoms with Gasteiger partial charge in [0.05, 0.1) is 22.6 Å². The number of hydrogen-bond acceptors (Lipinski definition) is 7. The Morgan fingerprint density at radius 2 is 1.91 bits per heavy atom. The highest BCUT2D eigenvalue weighted by Gasteiger charge is 2.24. The largest absolute Gasteiger partial charge is 0.496 e. The molecular formula is C25H21N3O5S. The highest BCUT2D eigenvalue weighted by Crippen LogP contribution is 2.30. The minimum absolute atomic E-state index is 0.0427. The lowest BCUT2D eigenvalue weighted by Gasteiger charge is -2.12. The van der Waals surface area contributed by atoms with Crippen LogP contribution in [0.25, 0.3) is 6.08 Å². The Bertz CT molecular complexity index is 1310. The lowest BCUT2D eigenvalue weighted by Crippen LogP contribution is -2.19. The van der Waals surface area contributed by atoms with Crippen molar-refractivity contribution in [2.24, 2.45) is 4.99 Å². The second-order valence-electron chi connectivity index (χ2n) is 7.38. The molecule has 3 aromatic rings. The molecule has 0 aliphatic carbocycles. The van der Waals surface area contributed by atoms with Gasteiger partial charge in [-0.15, -0.1) is 0 Å². The molecule has 0 saturated carbocycles. The number of nitro groups is 1. The summed E-state index contributed by atoms with van der Waals surface area (Å²) in [5, 5.41) is 14.3. The number of aliphatic imine (C=N–C) groups is 1. The van der Waals surface area contributed by atoms with Gasteiger partial charge in [-0.1, -0.05) is 24.3 Å². The zero-order chi connectivity index (χ0) is 24.1. The van der Waals surface area contributed by atoms with E-state index in [0.29, 0.717) is 27.1 Å². The van der Waals surface area contributed by atoms with Crippen LogP contribution in [-0.2, 0) is 11.4 Å². The number of amides is 1. The predicted molar refractivity (Wildman–Crippen MR) is 132 cm³/mol. The normalized spacial score (nSPS) is 15.4. The van der Waals surface area contributed by atoms with Crippen LogP contribution in [0.15, 0.2) is 76.6 Å². The second-order valence-corrected chi connectivity index (χ2v) is 8.41. The van der Waals surface area contributed by atoms with Crippen LogP contribution >= 0.6 is 11.8 Å².